The smallest absolute Gasteiger partial charge is 0.180 e. The first-order chi connectivity index (χ1) is 22.8. The molecule has 0 aliphatic heterocycles. The maximum absolute atomic E-state index is 10.6. The first kappa shape index (κ1) is 27.6. The fraction of sp³-hybridized carbons (Fsp3) is 0. The zero-order chi connectivity index (χ0) is 30.9. The van der Waals surface area contributed by atoms with E-state index in [1.165, 1.54) is 37.4 Å². The minimum absolute atomic E-state index is 0.717. The highest BCUT2D eigenvalue weighted by atomic mass is 28.3. The molecule has 46 heavy (non-hydrogen) atoms. The quantitative estimate of drug-likeness (QED) is 0.142. The summed E-state index contributed by atoms with van der Waals surface area (Å²) in [5, 5.41) is 17.9. The second-order valence-electron chi connectivity index (χ2n) is 11.6. The second kappa shape index (κ2) is 11.5. The summed E-state index contributed by atoms with van der Waals surface area (Å²) in [5.41, 5.74) is 6.45. The third-order valence-electron chi connectivity index (χ3n) is 9.20. The molecule has 0 unspecified atom stereocenters. The molecule has 3 heteroatoms. The average Bonchev–Trinajstić information content (AvgIpc) is 3.48. The van der Waals surface area contributed by atoms with Crippen LogP contribution in [0.1, 0.15) is 5.56 Å². The van der Waals surface area contributed by atoms with Crippen molar-refractivity contribution < 1.29 is 0 Å². The Hall–Kier alpha value is -5.95. The monoisotopic (exact) mass is 602 g/mol. The van der Waals surface area contributed by atoms with Crippen LogP contribution in [0.15, 0.2) is 182 Å². The summed E-state index contributed by atoms with van der Waals surface area (Å²) in [6.07, 6.45) is 0. The molecule has 1 aromatic heterocycles. The van der Waals surface area contributed by atoms with Crippen molar-refractivity contribution in [1.29, 1.82) is 5.26 Å². The van der Waals surface area contributed by atoms with Crippen molar-refractivity contribution in [1.82, 2.24) is 4.57 Å². The van der Waals surface area contributed by atoms with E-state index in [-0.39, 0.29) is 0 Å². The fourth-order valence-corrected chi connectivity index (χ4v) is 12.1. The van der Waals surface area contributed by atoms with Crippen molar-refractivity contribution in [2.45, 2.75) is 0 Å². The van der Waals surface area contributed by atoms with Gasteiger partial charge in [-0.3, -0.25) is 0 Å². The number of benzene rings is 7. The normalized spacial score (nSPS) is 11.5. The van der Waals surface area contributed by atoms with Crippen LogP contribution >= 0.6 is 0 Å². The molecule has 0 fully saturated rings. The minimum atomic E-state index is -2.87. The van der Waals surface area contributed by atoms with E-state index in [9.17, 15) is 5.26 Å². The molecule has 0 bridgehead atoms. The first-order valence-electron chi connectivity index (χ1n) is 15.6. The van der Waals surface area contributed by atoms with Crippen molar-refractivity contribution in [3.05, 3.63) is 188 Å². The number of hydrogen-bond acceptors (Lipinski definition) is 1. The predicted octanol–water partition coefficient (Wildman–Crippen LogP) is 7.70. The SMILES string of the molecule is N#Cc1ccc(-c2ccc(-n3c4ccccc4c4ccccc43)cc2)cc1[Si](c1ccccc1)(c1ccccc1)c1ccccc1. The van der Waals surface area contributed by atoms with E-state index in [4.69, 9.17) is 0 Å². The molecule has 0 spiro atoms. The third-order valence-corrected chi connectivity index (χ3v) is 14.0. The van der Waals surface area contributed by atoms with Crippen LogP contribution in [0.25, 0.3) is 38.6 Å². The largest absolute Gasteiger partial charge is 0.309 e. The lowest BCUT2D eigenvalue weighted by Gasteiger charge is -2.35. The lowest BCUT2D eigenvalue weighted by Crippen LogP contribution is -2.75. The molecule has 0 aliphatic rings. The molecule has 8 rings (SSSR count). The Balaban J connectivity index is 1.33. The Morgan fingerprint density at radius 1 is 0.435 bits per heavy atom. The Morgan fingerprint density at radius 3 is 1.35 bits per heavy atom. The molecule has 7 aromatic carbocycles. The zero-order valence-corrected chi connectivity index (χ0v) is 26.2. The molecule has 2 nitrogen and oxygen atoms in total. The number of nitrogens with zero attached hydrogens (tertiary/aromatic N) is 2. The first-order valence-corrected chi connectivity index (χ1v) is 17.6. The van der Waals surface area contributed by atoms with Crippen LogP contribution in [-0.4, -0.2) is 12.6 Å². The number of para-hydroxylation sites is 2. The maximum atomic E-state index is 10.6. The van der Waals surface area contributed by atoms with Crippen molar-refractivity contribution in [2.75, 3.05) is 0 Å². The summed E-state index contributed by atoms with van der Waals surface area (Å²) in [5.74, 6) is 0. The molecule has 8 aromatic rings. The van der Waals surface area contributed by atoms with Gasteiger partial charge in [-0.05, 0) is 62.2 Å². The van der Waals surface area contributed by atoms with Gasteiger partial charge in [-0.15, -0.1) is 0 Å². The van der Waals surface area contributed by atoms with E-state index in [0.29, 0.717) is 5.56 Å². The molecular weight excluding hydrogens is 573 g/mol. The van der Waals surface area contributed by atoms with Crippen LogP contribution in [0.2, 0.25) is 0 Å². The Kier molecular flexibility index (Phi) is 6.91. The van der Waals surface area contributed by atoms with Gasteiger partial charge >= 0.3 is 0 Å². The molecule has 0 radical (unpaired) electrons. The summed E-state index contributed by atoms with van der Waals surface area (Å²) in [6, 6.07) is 67.3. The highest BCUT2D eigenvalue weighted by Crippen LogP contribution is 2.32. The summed E-state index contributed by atoms with van der Waals surface area (Å²) >= 11 is 0. The van der Waals surface area contributed by atoms with Crippen LogP contribution in [0.3, 0.4) is 0 Å². The molecule has 216 valence electrons. The van der Waals surface area contributed by atoms with E-state index >= 15 is 0 Å². The number of aromatic nitrogens is 1. The van der Waals surface area contributed by atoms with Gasteiger partial charge in [0.05, 0.1) is 22.7 Å². The topological polar surface area (TPSA) is 28.7 Å². The van der Waals surface area contributed by atoms with E-state index in [1.807, 2.05) is 6.07 Å². The van der Waals surface area contributed by atoms with Crippen molar-refractivity contribution in [3.8, 4) is 22.9 Å². The van der Waals surface area contributed by atoms with Gasteiger partial charge in [0.25, 0.3) is 0 Å². The van der Waals surface area contributed by atoms with Crippen molar-refractivity contribution >= 4 is 50.6 Å². The number of nitriles is 1. The average molecular weight is 603 g/mol. The maximum Gasteiger partial charge on any atom is 0.180 e. The van der Waals surface area contributed by atoms with Gasteiger partial charge in [0, 0.05) is 16.5 Å². The highest BCUT2D eigenvalue weighted by molar-refractivity contribution is 7.20. The van der Waals surface area contributed by atoms with Gasteiger partial charge in [-0.2, -0.15) is 5.26 Å². The van der Waals surface area contributed by atoms with E-state index in [1.54, 1.807) is 0 Å². The number of rotatable bonds is 6. The van der Waals surface area contributed by atoms with Crippen molar-refractivity contribution in [3.63, 3.8) is 0 Å². The van der Waals surface area contributed by atoms with Gasteiger partial charge in [-0.25, -0.2) is 0 Å². The van der Waals surface area contributed by atoms with Gasteiger partial charge in [0.2, 0.25) is 0 Å². The van der Waals surface area contributed by atoms with Crippen LogP contribution in [0.4, 0.5) is 0 Å². The van der Waals surface area contributed by atoms with Crippen LogP contribution in [0.5, 0.6) is 0 Å². The van der Waals surface area contributed by atoms with Crippen LogP contribution < -0.4 is 20.7 Å². The Labute approximate surface area is 270 Å². The summed E-state index contributed by atoms with van der Waals surface area (Å²) < 4.78 is 2.34. The van der Waals surface area contributed by atoms with Gasteiger partial charge in [0.1, 0.15) is 0 Å². The Bertz CT molecular complexity index is 2200. The molecule has 1 heterocycles. The van der Waals surface area contributed by atoms with E-state index in [2.05, 4.69) is 187 Å². The molecule has 0 saturated heterocycles. The molecule has 0 amide bonds. The lowest BCUT2D eigenvalue weighted by molar-refractivity contribution is 1.18. The summed E-state index contributed by atoms with van der Waals surface area (Å²) in [4.78, 5) is 0. The van der Waals surface area contributed by atoms with E-state index < -0.39 is 8.07 Å². The van der Waals surface area contributed by atoms with Gasteiger partial charge in [0.15, 0.2) is 8.07 Å². The molecule has 0 saturated carbocycles. The molecule has 0 aliphatic carbocycles. The van der Waals surface area contributed by atoms with Crippen LogP contribution in [-0.2, 0) is 0 Å². The van der Waals surface area contributed by atoms with Crippen LogP contribution in [0, 0.1) is 11.3 Å². The number of fused-ring (bicyclic) bond motifs is 3. The third kappa shape index (κ3) is 4.39. The standard InChI is InChI=1S/C43H30N2Si/c44-31-34-25-24-33(32-26-28-35(29-27-32)45-41-22-12-10-20-39(41)40-21-11-13-23-42(40)45)30-43(34)46(36-14-4-1-5-15-36,37-16-6-2-7-17-37)38-18-8-3-9-19-38/h1-30H. The lowest BCUT2D eigenvalue weighted by atomic mass is 10.0. The predicted molar refractivity (Wildman–Crippen MR) is 195 cm³/mol. The summed E-state index contributed by atoms with van der Waals surface area (Å²) in [6.45, 7) is 0. The van der Waals surface area contributed by atoms with Gasteiger partial charge in [-0.1, -0.05) is 152 Å². The number of hydrogen-bond donors (Lipinski definition) is 0. The minimum Gasteiger partial charge on any atom is -0.309 e. The fourth-order valence-electron chi connectivity index (χ4n) is 7.17. The highest BCUT2D eigenvalue weighted by Gasteiger charge is 2.43. The molecular formula is C43H30N2Si. The second-order valence-corrected chi connectivity index (χ2v) is 15.4. The van der Waals surface area contributed by atoms with Gasteiger partial charge < -0.3 is 4.57 Å². The summed E-state index contributed by atoms with van der Waals surface area (Å²) in [7, 11) is -2.87. The molecule has 0 atom stereocenters. The van der Waals surface area contributed by atoms with E-state index in [0.717, 1.165) is 22.0 Å². The van der Waals surface area contributed by atoms with Crippen molar-refractivity contribution in [2.24, 2.45) is 0 Å². The zero-order valence-electron chi connectivity index (χ0n) is 25.2. The molecule has 0 N–H and O–H groups in total. The Morgan fingerprint density at radius 2 is 0.870 bits per heavy atom.